The summed E-state index contributed by atoms with van der Waals surface area (Å²) in [5.41, 5.74) is 4.11. The van der Waals surface area contributed by atoms with Gasteiger partial charge in [0, 0.05) is 30.4 Å². The van der Waals surface area contributed by atoms with Crippen molar-refractivity contribution in [3.8, 4) is 0 Å². The highest BCUT2D eigenvalue weighted by Crippen LogP contribution is 2.29. The van der Waals surface area contributed by atoms with Crippen LogP contribution in [-0.4, -0.2) is 36.4 Å². The molecule has 0 radical (unpaired) electrons. The fourth-order valence-corrected chi connectivity index (χ4v) is 3.18. The number of anilines is 1. The lowest BCUT2D eigenvalue weighted by molar-refractivity contribution is 0.191. The lowest BCUT2D eigenvalue weighted by Gasteiger charge is -2.45. The van der Waals surface area contributed by atoms with E-state index in [2.05, 4.69) is 56.1 Å². The fraction of sp³-hybridized carbons (Fsp3) is 0.625. The van der Waals surface area contributed by atoms with E-state index in [0.29, 0.717) is 0 Å². The van der Waals surface area contributed by atoms with Gasteiger partial charge >= 0.3 is 0 Å². The Morgan fingerprint density at radius 3 is 2.79 bits per heavy atom. The first-order chi connectivity index (χ1) is 8.96. The van der Waals surface area contributed by atoms with E-state index in [9.17, 15) is 5.11 Å². The van der Waals surface area contributed by atoms with E-state index in [4.69, 9.17) is 0 Å². The first kappa shape index (κ1) is 14.4. The van der Waals surface area contributed by atoms with Gasteiger partial charge in [-0.2, -0.15) is 0 Å². The lowest BCUT2D eigenvalue weighted by Crippen LogP contribution is -2.63. The molecule has 2 rings (SSSR count). The number of aryl methyl sites for hydroxylation is 2. The minimum atomic E-state index is 0.0267. The number of para-hydroxylation sites is 1. The summed E-state index contributed by atoms with van der Waals surface area (Å²) in [6.07, 6.45) is 1.05. The number of aliphatic hydroxyl groups is 1. The van der Waals surface area contributed by atoms with Gasteiger partial charge in [0.25, 0.3) is 0 Å². The maximum atomic E-state index is 9.49. The Kier molecular flexibility index (Phi) is 4.16. The average Bonchev–Trinajstić information content (AvgIpc) is 2.36. The Balaban J connectivity index is 2.35. The number of aliphatic hydroxyl groups excluding tert-OH is 1. The summed E-state index contributed by atoms with van der Waals surface area (Å²) >= 11 is 0. The van der Waals surface area contributed by atoms with Crippen LogP contribution in [0.3, 0.4) is 0 Å². The van der Waals surface area contributed by atoms with E-state index in [-0.39, 0.29) is 18.2 Å². The standard InChI is InChI=1S/C16H26N2O/c1-5-13-8-6-7-12(2)15(13)18-9-14(10-19)17-16(3,4)11-18/h6-8,14,17,19H,5,9-11H2,1-4H3. The molecule has 0 amide bonds. The Morgan fingerprint density at radius 2 is 2.16 bits per heavy atom. The number of piperazine rings is 1. The lowest BCUT2D eigenvalue weighted by atomic mass is 9.95. The number of nitrogens with one attached hydrogen (secondary N) is 1. The number of hydrogen-bond donors (Lipinski definition) is 2. The van der Waals surface area contributed by atoms with Crippen LogP contribution in [0.2, 0.25) is 0 Å². The largest absolute Gasteiger partial charge is 0.395 e. The summed E-state index contributed by atoms with van der Waals surface area (Å²) in [6.45, 7) is 10.8. The second-order valence-corrected chi connectivity index (χ2v) is 6.22. The van der Waals surface area contributed by atoms with Gasteiger partial charge in [-0.1, -0.05) is 25.1 Å². The predicted octanol–water partition coefficient (Wildman–Crippen LogP) is 2.11. The Hall–Kier alpha value is -1.06. The van der Waals surface area contributed by atoms with Crippen molar-refractivity contribution in [2.45, 2.75) is 45.7 Å². The monoisotopic (exact) mass is 262 g/mol. The molecule has 1 aliphatic rings. The molecule has 1 aliphatic heterocycles. The first-order valence-electron chi connectivity index (χ1n) is 7.19. The minimum Gasteiger partial charge on any atom is -0.395 e. The summed E-state index contributed by atoms with van der Waals surface area (Å²) in [4.78, 5) is 2.44. The van der Waals surface area contributed by atoms with Gasteiger partial charge in [0.2, 0.25) is 0 Å². The van der Waals surface area contributed by atoms with Crippen LogP contribution < -0.4 is 10.2 Å². The van der Waals surface area contributed by atoms with E-state index in [1.807, 2.05) is 0 Å². The zero-order valence-electron chi connectivity index (χ0n) is 12.5. The molecule has 1 aromatic carbocycles. The molecule has 0 spiro atoms. The molecule has 3 nitrogen and oxygen atoms in total. The molecule has 0 aliphatic carbocycles. The van der Waals surface area contributed by atoms with E-state index < -0.39 is 0 Å². The third-order valence-electron chi connectivity index (χ3n) is 3.86. The van der Waals surface area contributed by atoms with Crippen molar-refractivity contribution >= 4 is 5.69 Å². The van der Waals surface area contributed by atoms with Gasteiger partial charge in [-0.05, 0) is 38.3 Å². The molecule has 106 valence electrons. The van der Waals surface area contributed by atoms with Crippen LogP contribution in [0.25, 0.3) is 0 Å². The second kappa shape index (κ2) is 5.51. The molecule has 1 aromatic rings. The number of rotatable bonds is 3. The third-order valence-corrected chi connectivity index (χ3v) is 3.86. The van der Waals surface area contributed by atoms with E-state index >= 15 is 0 Å². The van der Waals surface area contributed by atoms with Crippen LogP contribution in [0.5, 0.6) is 0 Å². The summed E-state index contributed by atoms with van der Waals surface area (Å²) in [5.74, 6) is 0. The molecule has 1 saturated heterocycles. The van der Waals surface area contributed by atoms with Crippen LogP contribution in [-0.2, 0) is 6.42 Å². The molecule has 1 fully saturated rings. The zero-order chi connectivity index (χ0) is 14.0. The molecule has 0 saturated carbocycles. The molecule has 0 bridgehead atoms. The average molecular weight is 262 g/mol. The van der Waals surface area contributed by atoms with Crippen LogP contribution in [0.1, 0.15) is 31.9 Å². The number of hydrogen-bond acceptors (Lipinski definition) is 3. The SMILES string of the molecule is CCc1cccc(C)c1N1CC(CO)NC(C)(C)C1. The summed E-state index contributed by atoms with van der Waals surface area (Å²) in [6, 6.07) is 6.67. The summed E-state index contributed by atoms with van der Waals surface area (Å²) in [7, 11) is 0. The van der Waals surface area contributed by atoms with Crippen LogP contribution >= 0.6 is 0 Å². The first-order valence-corrected chi connectivity index (χ1v) is 7.19. The zero-order valence-corrected chi connectivity index (χ0v) is 12.5. The van der Waals surface area contributed by atoms with Gasteiger partial charge in [0.1, 0.15) is 0 Å². The predicted molar refractivity (Wildman–Crippen MR) is 80.9 cm³/mol. The highest BCUT2D eigenvalue weighted by Gasteiger charge is 2.32. The van der Waals surface area contributed by atoms with E-state index in [1.165, 1.54) is 16.8 Å². The molecule has 19 heavy (non-hydrogen) atoms. The smallest absolute Gasteiger partial charge is 0.0602 e. The molecule has 0 aromatic heterocycles. The van der Waals surface area contributed by atoms with Crippen molar-refractivity contribution in [3.05, 3.63) is 29.3 Å². The van der Waals surface area contributed by atoms with Crippen LogP contribution in [0.15, 0.2) is 18.2 Å². The van der Waals surface area contributed by atoms with Gasteiger partial charge in [0.05, 0.1) is 6.61 Å². The maximum Gasteiger partial charge on any atom is 0.0602 e. The number of nitrogens with zero attached hydrogens (tertiary/aromatic N) is 1. The third kappa shape index (κ3) is 3.10. The van der Waals surface area contributed by atoms with Gasteiger partial charge in [0.15, 0.2) is 0 Å². The van der Waals surface area contributed by atoms with E-state index in [1.54, 1.807) is 0 Å². The Labute approximate surface area is 116 Å². The highest BCUT2D eigenvalue weighted by atomic mass is 16.3. The van der Waals surface area contributed by atoms with Crippen molar-refractivity contribution in [1.82, 2.24) is 5.32 Å². The Morgan fingerprint density at radius 1 is 1.42 bits per heavy atom. The quantitative estimate of drug-likeness (QED) is 0.876. The van der Waals surface area contributed by atoms with E-state index in [0.717, 1.165) is 19.5 Å². The number of benzene rings is 1. The molecule has 1 heterocycles. The van der Waals surface area contributed by atoms with Crippen LogP contribution in [0.4, 0.5) is 5.69 Å². The summed E-state index contributed by atoms with van der Waals surface area (Å²) in [5, 5.41) is 13.0. The molecular weight excluding hydrogens is 236 g/mol. The molecule has 3 heteroatoms. The van der Waals surface area contributed by atoms with Crippen molar-refractivity contribution in [2.24, 2.45) is 0 Å². The summed E-state index contributed by atoms with van der Waals surface area (Å²) < 4.78 is 0. The van der Waals surface area contributed by atoms with Crippen LogP contribution in [0, 0.1) is 6.92 Å². The van der Waals surface area contributed by atoms with Gasteiger partial charge < -0.3 is 15.3 Å². The van der Waals surface area contributed by atoms with Crippen molar-refractivity contribution < 1.29 is 5.11 Å². The molecular formula is C16H26N2O. The van der Waals surface area contributed by atoms with Crippen molar-refractivity contribution in [1.29, 1.82) is 0 Å². The van der Waals surface area contributed by atoms with Crippen molar-refractivity contribution in [3.63, 3.8) is 0 Å². The second-order valence-electron chi connectivity index (χ2n) is 6.22. The topological polar surface area (TPSA) is 35.5 Å². The van der Waals surface area contributed by atoms with Crippen molar-refractivity contribution in [2.75, 3.05) is 24.6 Å². The fourth-order valence-electron chi connectivity index (χ4n) is 3.18. The van der Waals surface area contributed by atoms with Gasteiger partial charge in [-0.15, -0.1) is 0 Å². The Bertz CT molecular complexity index is 442. The van der Waals surface area contributed by atoms with Gasteiger partial charge in [-0.3, -0.25) is 0 Å². The highest BCUT2D eigenvalue weighted by molar-refractivity contribution is 5.60. The normalized spacial score (nSPS) is 22.6. The molecule has 2 N–H and O–H groups in total. The minimum absolute atomic E-state index is 0.0267. The molecule has 1 unspecified atom stereocenters. The molecule has 1 atom stereocenters. The maximum absolute atomic E-state index is 9.49. The van der Waals surface area contributed by atoms with Gasteiger partial charge in [-0.25, -0.2) is 0 Å².